The molecule has 26 heavy (non-hydrogen) atoms. The molecule has 0 aliphatic carbocycles. The zero-order valence-electron chi connectivity index (χ0n) is 14.3. The normalized spacial score (nSPS) is 17.1. The van der Waals surface area contributed by atoms with Gasteiger partial charge in [0.05, 0.1) is 5.69 Å². The number of carbonyl (C=O) groups is 1. The molecule has 0 saturated carbocycles. The largest absolute Gasteiger partial charge is 0.516 e. The quantitative estimate of drug-likeness (QED) is 0.779. The molecule has 0 radical (unpaired) electrons. The minimum Gasteiger partial charge on any atom is -0.396 e. The van der Waals surface area contributed by atoms with Crippen molar-refractivity contribution in [1.82, 2.24) is 0 Å². The van der Waals surface area contributed by atoms with Gasteiger partial charge in [0.15, 0.2) is 0 Å². The second-order valence-corrected chi connectivity index (χ2v) is 7.34. The third kappa shape index (κ3) is 3.92. The molecule has 144 valence electrons. The molecular weight excluding hydrogens is 375 g/mol. The Balaban J connectivity index is 2.39. The summed E-state index contributed by atoms with van der Waals surface area (Å²) in [5.74, 6) is -0.435. The molecule has 1 aliphatic heterocycles. The maximum absolute atomic E-state index is 12.6. The smallest absolute Gasteiger partial charge is 0.396 e. The molecule has 1 aliphatic rings. The van der Waals surface area contributed by atoms with Gasteiger partial charge in [-0.1, -0.05) is 11.2 Å². The number of anilines is 2. The number of hydrogen-bond acceptors (Lipinski definition) is 5. The summed E-state index contributed by atoms with van der Waals surface area (Å²) < 4.78 is 62.1. The Hall–Kier alpha value is -2.30. The van der Waals surface area contributed by atoms with Crippen molar-refractivity contribution in [2.45, 2.75) is 32.7 Å². The molecule has 1 aromatic carbocycles. The molecule has 1 N–H and O–H groups in total. The van der Waals surface area contributed by atoms with Crippen molar-refractivity contribution >= 4 is 33.0 Å². The van der Waals surface area contributed by atoms with Crippen LogP contribution in [0, 0.1) is 13.8 Å². The Kier molecular flexibility index (Phi) is 5.49. The molecular formula is C15H18F3N3O4S. The zero-order chi connectivity index (χ0) is 19.7. The lowest BCUT2D eigenvalue weighted by molar-refractivity contribution is -0.112. The zero-order valence-corrected chi connectivity index (χ0v) is 15.2. The number of nitrogens with one attached hydrogen (secondary N) is 1. The third-order valence-corrected chi connectivity index (χ3v) is 4.85. The number of amides is 1. The molecule has 0 atom stereocenters. The van der Waals surface area contributed by atoms with Crippen LogP contribution in [0.5, 0.6) is 0 Å². The summed E-state index contributed by atoms with van der Waals surface area (Å²) in [6.45, 7) is 5.42. The molecule has 0 bridgehead atoms. The van der Waals surface area contributed by atoms with Crippen molar-refractivity contribution in [3.63, 3.8) is 0 Å². The van der Waals surface area contributed by atoms with Crippen LogP contribution in [0.1, 0.15) is 24.5 Å². The molecule has 0 spiro atoms. The number of alkyl halides is 3. The van der Waals surface area contributed by atoms with E-state index in [9.17, 15) is 26.4 Å². The molecule has 1 amide bonds. The van der Waals surface area contributed by atoms with Crippen LogP contribution >= 0.6 is 0 Å². The number of sulfonamides is 1. The van der Waals surface area contributed by atoms with Crippen molar-refractivity contribution in [3.05, 3.63) is 23.3 Å². The standard InChI is InChI=1S/C15H18F3N3O4S/c1-4-25-19-11-5-6-21(14(11)22)13-8-12(9(2)7-10(13)3)20-26(23,24)15(16,17)18/h7-8,20H,4-6H2,1-3H3. The van der Waals surface area contributed by atoms with Gasteiger partial charge in [-0.25, -0.2) is 0 Å². The predicted molar refractivity (Wildman–Crippen MR) is 90.5 cm³/mol. The van der Waals surface area contributed by atoms with E-state index in [1.54, 1.807) is 13.8 Å². The fourth-order valence-corrected chi connectivity index (χ4v) is 3.11. The van der Waals surface area contributed by atoms with E-state index < -0.39 is 21.4 Å². The highest BCUT2D eigenvalue weighted by atomic mass is 32.2. The number of halogens is 3. The Labute approximate surface area is 148 Å². The molecule has 1 fully saturated rings. The van der Waals surface area contributed by atoms with Crippen LogP contribution in [0.25, 0.3) is 0 Å². The summed E-state index contributed by atoms with van der Waals surface area (Å²) in [7, 11) is -5.56. The van der Waals surface area contributed by atoms with Gasteiger partial charge >= 0.3 is 15.5 Å². The van der Waals surface area contributed by atoms with E-state index in [0.29, 0.717) is 29.8 Å². The summed E-state index contributed by atoms with van der Waals surface area (Å²) in [6.07, 6.45) is 0.315. The highest BCUT2D eigenvalue weighted by Gasteiger charge is 2.46. The van der Waals surface area contributed by atoms with Crippen LogP contribution in [0.3, 0.4) is 0 Å². The van der Waals surface area contributed by atoms with Gasteiger partial charge in [-0.05, 0) is 38.0 Å². The molecule has 11 heteroatoms. The number of carbonyl (C=O) groups excluding carboxylic acids is 1. The molecule has 0 unspecified atom stereocenters. The minimum absolute atomic E-state index is 0.198. The number of benzene rings is 1. The van der Waals surface area contributed by atoms with Gasteiger partial charge in [0.2, 0.25) is 0 Å². The SMILES string of the molecule is CCON=C1CCN(c2cc(NS(=O)(=O)C(F)(F)F)c(C)cc2C)C1=O. The van der Waals surface area contributed by atoms with Crippen molar-refractivity contribution in [1.29, 1.82) is 0 Å². The van der Waals surface area contributed by atoms with Gasteiger partial charge in [0.25, 0.3) is 5.91 Å². The van der Waals surface area contributed by atoms with E-state index in [1.165, 1.54) is 28.7 Å². The first-order chi connectivity index (χ1) is 12.0. The van der Waals surface area contributed by atoms with Gasteiger partial charge in [0, 0.05) is 18.7 Å². The van der Waals surface area contributed by atoms with Crippen LogP contribution < -0.4 is 9.62 Å². The van der Waals surface area contributed by atoms with Crippen molar-refractivity contribution in [2.24, 2.45) is 5.16 Å². The molecule has 0 aromatic heterocycles. The van der Waals surface area contributed by atoms with E-state index in [4.69, 9.17) is 4.84 Å². The summed E-state index contributed by atoms with van der Waals surface area (Å²) >= 11 is 0. The summed E-state index contributed by atoms with van der Waals surface area (Å²) in [5.41, 5.74) is -4.26. The van der Waals surface area contributed by atoms with Crippen LogP contribution in [0.4, 0.5) is 24.5 Å². The average Bonchev–Trinajstić information content (AvgIpc) is 2.87. The topological polar surface area (TPSA) is 88.1 Å². The monoisotopic (exact) mass is 393 g/mol. The molecule has 2 rings (SSSR count). The fourth-order valence-electron chi connectivity index (χ4n) is 2.48. The predicted octanol–water partition coefficient (Wildman–Crippen LogP) is 2.69. The first-order valence-electron chi connectivity index (χ1n) is 7.69. The molecule has 1 aromatic rings. The van der Waals surface area contributed by atoms with Crippen molar-refractivity contribution in [2.75, 3.05) is 22.8 Å². The van der Waals surface area contributed by atoms with Gasteiger partial charge in [0.1, 0.15) is 12.3 Å². The fraction of sp³-hybridized carbons (Fsp3) is 0.467. The first-order valence-corrected chi connectivity index (χ1v) is 9.17. The maximum Gasteiger partial charge on any atom is 0.516 e. The van der Waals surface area contributed by atoms with E-state index in [1.807, 2.05) is 0 Å². The summed E-state index contributed by atoms with van der Waals surface area (Å²) in [6, 6.07) is 2.73. The number of nitrogens with zero attached hydrogens (tertiary/aromatic N) is 2. The van der Waals surface area contributed by atoms with E-state index >= 15 is 0 Å². The maximum atomic E-state index is 12.6. The highest BCUT2D eigenvalue weighted by Crippen LogP contribution is 2.33. The molecule has 1 heterocycles. The van der Waals surface area contributed by atoms with Crippen molar-refractivity contribution in [3.8, 4) is 0 Å². The minimum atomic E-state index is -5.56. The first kappa shape index (κ1) is 20.0. The third-order valence-electron chi connectivity index (χ3n) is 3.75. The van der Waals surface area contributed by atoms with Gasteiger partial charge in [-0.15, -0.1) is 0 Å². The lowest BCUT2D eigenvalue weighted by Crippen LogP contribution is -2.31. The Bertz CT molecular complexity index is 850. The van der Waals surface area contributed by atoms with Crippen LogP contribution in [0.15, 0.2) is 17.3 Å². The number of oxime groups is 1. The Morgan fingerprint density at radius 3 is 2.50 bits per heavy atom. The average molecular weight is 393 g/mol. The van der Waals surface area contributed by atoms with E-state index in [0.717, 1.165) is 0 Å². The van der Waals surface area contributed by atoms with Crippen LogP contribution in [-0.4, -0.2) is 38.7 Å². The second kappa shape index (κ2) is 7.14. The highest BCUT2D eigenvalue weighted by molar-refractivity contribution is 7.93. The summed E-state index contributed by atoms with van der Waals surface area (Å²) in [4.78, 5) is 18.6. The van der Waals surface area contributed by atoms with Gasteiger partial charge in [-0.3, -0.25) is 9.52 Å². The summed E-state index contributed by atoms with van der Waals surface area (Å²) in [5, 5.41) is 3.72. The second-order valence-electron chi connectivity index (χ2n) is 5.67. The molecule has 1 saturated heterocycles. The van der Waals surface area contributed by atoms with Crippen LogP contribution in [0.2, 0.25) is 0 Å². The van der Waals surface area contributed by atoms with E-state index in [2.05, 4.69) is 5.16 Å². The van der Waals surface area contributed by atoms with E-state index in [-0.39, 0.29) is 17.9 Å². The van der Waals surface area contributed by atoms with Crippen molar-refractivity contribution < 1.29 is 31.2 Å². The van der Waals surface area contributed by atoms with Gasteiger partial charge in [-0.2, -0.15) is 21.6 Å². The van der Waals surface area contributed by atoms with Gasteiger partial charge < -0.3 is 9.74 Å². The number of rotatable bonds is 5. The molecule has 7 nitrogen and oxygen atoms in total. The Morgan fingerprint density at radius 1 is 1.27 bits per heavy atom. The number of aryl methyl sites for hydroxylation is 2. The lowest BCUT2D eigenvalue weighted by atomic mass is 10.1. The van der Waals surface area contributed by atoms with Crippen LogP contribution in [-0.2, 0) is 19.7 Å². The Morgan fingerprint density at radius 2 is 1.92 bits per heavy atom. The lowest BCUT2D eigenvalue weighted by Gasteiger charge is -2.21. The number of hydrogen-bond donors (Lipinski definition) is 1.